The summed E-state index contributed by atoms with van der Waals surface area (Å²) in [6, 6.07) is 0. The molecule has 0 aromatic heterocycles. The highest BCUT2D eigenvalue weighted by molar-refractivity contribution is 5.70. The van der Waals surface area contributed by atoms with Gasteiger partial charge in [0, 0.05) is 12.8 Å². The van der Waals surface area contributed by atoms with Crippen molar-refractivity contribution in [3.05, 3.63) is 72.9 Å². The first-order chi connectivity index (χ1) is 28.3. The van der Waals surface area contributed by atoms with Gasteiger partial charge in [0.2, 0.25) is 0 Å². The summed E-state index contributed by atoms with van der Waals surface area (Å²) < 4.78 is 22.1. The number of unbranched alkanes of at least 4 members (excludes halogenated alkanes) is 13. The summed E-state index contributed by atoms with van der Waals surface area (Å²) >= 11 is 0. The number of aliphatic hydroxyl groups is 4. The molecule has 1 fully saturated rings. The lowest BCUT2D eigenvalue weighted by atomic mass is 9.99. The minimum Gasteiger partial charge on any atom is -0.462 e. The summed E-state index contributed by atoms with van der Waals surface area (Å²) in [6.45, 7) is 3.24. The summed E-state index contributed by atoms with van der Waals surface area (Å²) in [5, 5.41) is 40.1. The number of hydrogen-bond donors (Lipinski definition) is 4. The fourth-order valence-electron chi connectivity index (χ4n) is 6.27. The number of esters is 2. The smallest absolute Gasteiger partial charge is 0.306 e. The molecular formula is C48H80O10. The van der Waals surface area contributed by atoms with Crippen molar-refractivity contribution in [1.29, 1.82) is 0 Å². The SMILES string of the molecule is CC/C=C/C/C=C/C/C=C/C/C=C/C/C=C/CCCCCC(=O)OC[C@@H](CO[C@H]1O[C@@H](CO)[C@@H](O)C(O)C1O)OC(=O)CCCCCCC/C=C/CCCCCCC. The van der Waals surface area contributed by atoms with E-state index in [2.05, 4.69) is 86.8 Å². The van der Waals surface area contributed by atoms with Crippen molar-refractivity contribution in [2.24, 2.45) is 0 Å². The Balaban J connectivity index is 2.37. The molecule has 0 aromatic rings. The third-order valence-corrected chi connectivity index (χ3v) is 9.83. The van der Waals surface area contributed by atoms with Crippen molar-refractivity contribution in [3.63, 3.8) is 0 Å². The second-order valence-corrected chi connectivity index (χ2v) is 15.1. The van der Waals surface area contributed by atoms with Crippen molar-refractivity contribution < 1.29 is 49.0 Å². The third kappa shape index (κ3) is 29.4. The number of allylic oxidation sites excluding steroid dienone is 12. The largest absolute Gasteiger partial charge is 0.462 e. The quantitative estimate of drug-likeness (QED) is 0.0273. The van der Waals surface area contributed by atoms with Gasteiger partial charge in [-0.2, -0.15) is 0 Å². The maximum absolute atomic E-state index is 12.8. The first kappa shape index (κ1) is 53.2. The summed E-state index contributed by atoms with van der Waals surface area (Å²) in [6.07, 6.45) is 40.5. The predicted molar refractivity (Wildman–Crippen MR) is 233 cm³/mol. The van der Waals surface area contributed by atoms with E-state index in [0.717, 1.165) is 89.9 Å². The third-order valence-electron chi connectivity index (χ3n) is 9.83. The Hall–Kier alpha value is -2.86. The molecule has 332 valence electrons. The van der Waals surface area contributed by atoms with Gasteiger partial charge in [-0.15, -0.1) is 0 Å². The first-order valence-corrected chi connectivity index (χ1v) is 22.5. The Kier molecular flexibility index (Phi) is 35.1. The van der Waals surface area contributed by atoms with Crippen LogP contribution < -0.4 is 0 Å². The van der Waals surface area contributed by atoms with Crippen molar-refractivity contribution in [2.45, 2.75) is 198 Å². The van der Waals surface area contributed by atoms with E-state index in [9.17, 15) is 30.0 Å². The van der Waals surface area contributed by atoms with Crippen LogP contribution in [0.3, 0.4) is 0 Å². The molecule has 0 bridgehead atoms. The van der Waals surface area contributed by atoms with Crippen LogP contribution in [0.1, 0.15) is 162 Å². The molecule has 10 heteroatoms. The minimum atomic E-state index is -1.60. The number of ether oxygens (including phenoxy) is 4. The van der Waals surface area contributed by atoms with Crippen molar-refractivity contribution in [1.82, 2.24) is 0 Å². The van der Waals surface area contributed by atoms with E-state index in [1.165, 1.54) is 32.1 Å². The summed E-state index contributed by atoms with van der Waals surface area (Å²) in [4.78, 5) is 25.3. The minimum absolute atomic E-state index is 0.209. The molecule has 1 aliphatic heterocycles. The van der Waals surface area contributed by atoms with Gasteiger partial charge in [0.1, 0.15) is 31.0 Å². The fraction of sp³-hybridized carbons (Fsp3) is 0.708. The van der Waals surface area contributed by atoms with Crippen molar-refractivity contribution in [2.75, 3.05) is 19.8 Å². The van der Waals surface area contributed by atoms with Crippen LogP contribution in [0.15, 0.2) is 72.9 Å². The lowest BCUT2D eigenvalue weighted by Gasteiger charge is -2.39. The molecule has 0 radical (unpaired) electrons. The zero-order chi connectivity index (χ0) is 42.3. The van der Waals surface area contributed by atoms with E-state index in [-0.39, 0.29) is 26.1 Å². The zero-order valence-electron chi connectivity index (χ0n) is 36.0. The van der Waals surface area contributed by atoms with E-state index >= 15 is 0 Å². The molecule has 58 heavy (non-hydrogen) atoms. The van der Waals surface area contributed by atoms with Crippen LogP contribution in [0, 0.1) is 0 Å². The number of carbonyl (C=O) groups excluding carboxylic acids is 2. The number of carbonyl (C=O) groups is 2. The maximum Gasteiger partial charge on any atom is 0.306 e. The average Bonchev–Trinajstić information content (AvgIpc) is 3.22. The van der Waals surface area contributed by atoms with Gasteiger partial charge in [-0.1, -0.05) is 138 Å². The molecule has 0 aliphatic carbocycles. The molecule has 1 saturated heterocycles. The monoisotopic (exact) mass is 817 g/mol. The normalized spacial score (nSPS) is 20.8. The van der Waals surface area contributed by atoms with Gasteiger partial charge in [-0.3, -0.25) is 9.59 Å². The molecule has 0 amide bonds. The van der Waals surface area contributed by atoms with Crippen LogP contribution in [-0.4, -0.2) is 89.0 Å². The number of hydrogen-bond acceptors (Lipinski definition) is 10. The molecule has 1 aliphatic rings. The Bertz CT molecular complexity index is 1170. The average molecular weight is 817 g/mol. The van der Waals surface area contributed by atoms with Gasteiger partial charge in [-0.25, -0.2) is 0 Å². The topological polar surface area (TPSA) is 152 Å². The summed E-state index contributed by atoms with van der Waals surface area (Å²) in [5.41, 5.74) is 0. The van der Waals surface area contributed by atoms with Gasteiger partial charge < -0.3 is 39.4 Å². The van der Waals surface area contributed by atoms with Crippen molar-refractivity contribution >= 4 is 11.9 Å². The molecule has 1 heterocycles. The van der Waals surface area contributed by atoms with Crippen LogP contribution in [0.25, 0.3) is 0 Å². The summed E-state index contributed by atoms with van der Waals surface area (Å²) in [7, 11) is 0. The van der Waals surface area contributed by atoms with Gasteiger partial charge >= 0.3 is 11.9 Å². The highest BCUT2D eigenvalue weighted by Crippen LogP contribution is 2.22. The van der Waals surface area contributed by atoms with Crippen LogP contribution >= 0.6 is 0 Å². The van der Waals surface area contributed by atoms with Crippen molar-refractivity contribution in [3.8, 4) is 0 Å². The predicted octanol–water partition coefficient (Wildman–Crippen LogP) is 9.61. The standard InChI is InChI=1S/C48H80O10/c1-3-5-7-9-11-13-15-17-19-20-21-22-23-25-26-28-30-32-34-36-43(50)55-39-41(40-56-48-47(54)46(53)45(52)42(38-49)58-48)57-44(51)37-35-33-31-29-27-24-18-16-14-12-10-8-6-4-2/h5,7,11,13,16-19,21-22,25-26,41-42,45-49,52-54H,3-4,6,8-10,12,14-15,20,23-24,27-40H2,1-2H3/b7-5+,13-11+,18-16+,19-17+,22-21+,26-25+/t41-,42-,45+,46?,47?,48-/m0/s1. The molecule has 0 saturated carbocycles. The van der Waals surface area contributed by atoms with E-state index in [1.54, 1.807) is 0 Å². The maximum atomic E-state index is 12.8. The van der Waals surface area contributed by atoms with Gasteiger partial charge in [0.05, 0.1) is 13.2 Å². The van der Waals surface area contributed by atoms with Crippen LogP contribution in [-0.2, 0) is 28.5 Å². The molecule has 1 rings (SSSR count). The Morgan fingerprint density at radius 1 is 0.552 bits per heavy atom. The molecule has 10 nitrogen and oxygen atoms in total. The molecule has 2 unspecified atom stereocenters. The van der Waals surface area contributed by atoms with Gasteiger partial charge in [0.15, 0.2) is 12.4 Å². The highest BCUT2D eigenvalue weighted by Gasteiger charge is 2.44. The zero-order valence-corrected chi connectivity index (χ0v) is 36.0. The van der Waals surface area contributed by atoms with E-state index in [0.29, 0.717) is 12.8 Å². The van der Waals surface area contributed by atoms with E-state index in [4.69, 9.17) is 18.9 Å². The molecular weight excluding hydrogens is 737 g/mol. The van der Waals surface area contributed by atoms with Crippen LogP contribution in [0.4, 0.5) is 0 Å². The Morgan fingerprint density at radius 3 is 1.57 bits per heavy atom. The number of aliphatic hydroxyl groups excluding tert-OH is 4. The first-order valence-electron chi connectivity index (χ1n) is 22.5. The summed E-state index contributed by atoms with van der Waals surface area (Å²) in [5.74, 6) is -0.860. The Morgan fingerprint density at radius 2 is 1.02 bits per heavy atom. The number of rotatable bonds is 36. The van der Waals surface area contributed by atoms with Gasteiger partial charge in [0.25, 0.3) is 0 Å². The highest BCUT2D eigenvalue weighted by atomic mass is 16.7. The van der Waals surface area contributed by atoms with E-state index < -0.39 is 55.4 Å². The lowest BCUT2D eigenvalue weighted by Crippen LogP contribution is -2.59. The second kappa shape index (κ2) is 38.3. The molecule has 0 spiro atoms. The Labute approximate surface area is 351 Å². The van der Waals surface area contributed by atoms with E-state index in [1.807, 2.05) is 0 Å². The molecule has 6 atom stereocenters. The van der Waals surface area contributed by atoms with Gasteiger partial charge in [-0.05, 0) is 83.5 Å². The van der Waals surface area contributed by atoms with Crippen LogP contribution in [0.5, 0.6) is 0 Å². The fourth-order valence-corrected chi connectivity index (χ4v) is 6.27. The molecule has 0 aromatic carbocycles. The lowest BCUT2D eigenvalue weighted by molar-refractivity contribution is -0.305. The molecule has 4 N–H and O–H groups in total. The second-order valence-electron chi connectivity index (χ2n) is 15.1. The van der Waals surface area contributed by atoms with Crippen LogP contribution in [0.2, 0.25) is 0 Å².